The summed E-state index contributed by atoms with van der Waals surface area (Å²) < 4.78 is 1.86. The van der Waals surface area contributed by atoms with Crippen LogP contribution in [-0.2, 0) is 4.79 Å². The summed E-state index contributed by atoms with van der Waals surface area (Å²) >= 11 is 1.69. The smallest absolute Gasteiger partial charge is 0.227 e. The molecule has 0 saturated carbocycles. The number of carbonyl (C=O) groups excluding carboxylic acids is 1. The second-order valence-electron chi connectivity index (χ2n) is 6.65. The standard InChI is InChI=1S/C21H18N4OS/c26-20-7-4-12-24(20)17-10-8-16(9-11-17)19-14-27-21-22-18(13-25(21)23-19)15-5-2-1-3-6-15/h1-3,5-6,8-11,13H,4,7,12,14H2. The molecule has 0 N–H and O–H groups in total. The topological polar surface area (TPSA) is 50.5 Å². The predicted molar refractivity (Wildman–Crippen MR) is 108 cm³/mol. The van der Waals surface area contributed by atoms with Crippen molar-refractivity contribution in [3.63, 3.8) is 0 Å². The molecule has 0 unspecified atom stereocenters. The molecule has 1 fully saturated rings. The highest BCUT2D eigenvalue weighted by atomic mass is 32.2. The van der Waals surface area contributed by atoms with E-state index in [1.54, 1.807) is 11.8 Å². The molecule has 27 heavy (non-hydrogen) atoms. The zero-order valence-electron chi connectivity index (χ0n) is 14.7. The summed E-state index contributed by atoms with van der Waals surface area (Å²) in [6.07, 6.45) is 3.57. The highest BCUT2D eigenvalue weighted by Gasteiger charge is 2.22. The molecular weight excluding hydrogens is 356 g/mol. The molecule has 0 spiro atoms. The number of rotatable bonds is 3. The third kappa shape index (κ3) is 3.06. The average Bonchev–Trinajstić information content (AvgIpc) is 3.34. The van der Waals surface area contributed by atoms with Crippen LogP contribution in [0, 0.1) is 0 Å². The third-order valence-corrected chi connectivity index (χ3v) is 5.83. The van der Waals surface area contributed by atoms with E-state index in [0.717, 1.165) is 52.1 Å². The maximum atomic E-state index is 11.9. The van der Waals surface area contributed by atoms with E-state index in [2.05, 4.69) is 24.3 Å². The first-order chi connectivity index (χ1) is 13.3. The van der Waals surface area contributed by atoms with Gasteiger partial charge in [-0.2, -0.15) is 5.10 Å². The van der Waals surface area contributed by atoms with Gasteiger partial charge in [0.25, 0.3) is 0 Å². The van der Waals surface area contributed by atoms with Crippen LogP contribution in [-0.4, -0.2) is 33.6 Å². The molecular formula is C21H18N4OS. The minimum absolute atomic E-state index is 0.213. The molecule has 2 aromatic carbocycles. The van der Waals surface area contributed by atoms with Gasteiger partial charge >= 0.3 is 0 Å². The highest BCUT2D eigenvalue weighted by molar-refractivity contribution is 7.99. The Bertz CT molecular complexity index is 1020. The van der Waals surface area contributed by atoms with Crippen LogP contribution in [0.1, 0.15) is 18.4 Å². The first-order valence-electron chi connectivity index (χ1n) is 9.04. The Morgan fingerprint density at radius 3 is 2.52 bits per heavy atom. The minimum atomic E-state index is 0.213. The number of thioether (sulfide) groups is 1. The predicted octanol–water partition coefficient (Wildman–Crippen LogP) is 4.04. The Morgan fingerprint density at radius 2 is 1.78 bits per heavy atom. The second-order valence-corrected chi connectivity index (χ2v) is 7.59. The van der Waals surface area contributed by atoms with Crippen LogP contribution < -0.4 is 4.90 Å². The van der Waals surface area contributed by atoms with Gasteiger partial charge in [0, 0.05) is 30.0 Å². The summed E-state index contributed by atoms with van der Waals surface area (Å²) in [4.78, 5) is 18.5. The van der Waals surface area contributed by atoms with Gasteiger partial charge < -0.3 is 4.90 Å². The molecule has 3 heterocycles. The maximum Gasteiger partial charge on any atom is 0.227 e. The number of hydrogen-bond acceptors (Lipinski definition) is 4. The number of fused-ring (bicyclic) bond motifs is 1. The number of nitrogens with zero attached hydrogens (tertiary/aromatic N) is 4. The van der Waals surface area contributed by atoms with E-state index >= 15 is 0 Å². The first-order valence-corrected chi connectivity index (χ1v) is 10.0. The second kappa shape index (κ2) is 6.70. The summed E-state index contributed by atoms with van der Waals surface area (Å²) in [6.45, 7) is 0.815. The van der Waals surface area contributed by atoms with Crippen molar-refractivity contribution in [1.29, 1.82) is 0 Å². The lowest BCUT2D eigenvalue weighted by Gasteiger charge is -2.17. The zero-order valence-corrected chi connectivity index (χ0v) is 15.5. The number of benzene rings is 2. The number of imidazole rings is 1. The van der Waals surface area contributed by atoms with Crippen LogP contribution >= 0.6 is 11.8 Å². The fourth-order valence-corrected chi connectivity index (χ4v) is 4.34. The Morgan fingerprint density at radius 1 is 0.963 bits per heavy atom. The molecule has 1 amide bonds. The maximum absolute atomic E-state index is 11.9. The van der Waals surface area contributed by atoms with Gasteiger partial charge in [-0.25, -0.2) is 9.66 Å². The molecule has 0 bridgehead atoms. The number of carbonyl (C=O) groups is 1. The van der Waals surface area contributed by atoms with Gasteiger partial charge in [-0.3, -0.25) is 4.79 Å². The van der Waals surface area contributed by atoms with Crippen molar-refractivity contribution in [1.82, 2.24) is 9.66 Å². The number of aromatic nitrogens is 2. The van der Waals surface area contributed by atoms with Crippen molar-refractivity contribution in [2.24, 2.45) is 5.10 Å². The quantitative estimate of drug-likeness (QED) is 0.695. The van der Waals surface area contributed by atoms with Crippen molar-refractivity contribution in [3.8, 4) is 11.3 Å². The molecule has 0 radical (unpaired) electrons. The van der Waals surface area contributed by atoms with Gasteiger partial charge in [0.2, 0.25) is 5.91 Å². The van der Waals surface area contributed by atoms with Gasteiger partial charge in [0.15, 0.2) is 5.16 Å². The van der Waals surface area contributed by atoms with Crippen LogP contribution in [0.15, 0.2) is 71.1 Å². The van der Waals surface area contributed by atoms with Crippen molar-refractivity contribution in [2.75, 3.05) is 17.2 Å². The van der Waals surface area contributed by atoms with Crippen LogP contribution in [0.25, 0.3) is 11.3 Å². The largest absolute Gasteiger partial charge is 0.312 e. The molecule has 134 valence electrons. The van der Waals surface area contributed by atoms with Gasteiger partial charge in [0.1, 0.15) is 0 Å². The fraction of sp³-hybridized carbons (Fsp3) is 0.190. The lowest BCUT2D eigenvalue weighted by Crippen LogP contribution is -2.23. The van der Waals surface area contributed by atoms with E-state index in [9.17, 15) is 4.79 Å². The zero-order chi connectivity index (χ0) is 18.2. The average molecular weight is 374 g/mol. The van der Waals surface area contributed by atoms with Gasteiger partial charge in [-0.05, 0) is 24.1 Å². The molecule has 3 aromatic rings. The molecule has 1 aromatic heterocycles. The Kier molecular flexibility index (Phi) is 4.05. The Hall–Kier alpha value is -2.86. The molecule has 5 nitrogen and oxygen atoms in total. The van der Waals surface area contributed by atoms with E-state index in [4.69, 9.17) is 10.1 Å². The van der Waals surface area contributed by atoms with Crippen molar-refractivity contribution in [3.05, 3.63) is 66.4 Å². The monoisotopic (exact) mass is 374 g/mol. The third-order valence-electron chi connectivity index (χ3n) is 4.88. The van der Waals surface area contributed by atoms with Gasteiger partial charge in [0.05, 0.1) is 17.6 Å². The summed E-state index contributed by atoms with van der Waals surface area (Å²) in [7, 11) is 0. The molecule has 0 atom stereocenters. The molecule has 2 aliphatic rings. The fourth-order valence-electron chi connectivity index (χ4n) is 3.46. The number of hydrogen-bond donors (Lipinski definition) is 0. The van der Waals surface area contributed by atoms with E-state index in [0.29, 0.717) is 6.42 Å². The normalized spacial score (nSPS) is 16.4. The van der Waals surface area contributed by atoms with Crippen LogP contribution in [0.2, 0.25) is 0 Å². The molecule has 0 aliphatic carbocycles. The van der Waals surface area contributed by atoms with E-state index in [1.165, 1.54) is 0 Å². The van der Waals surface area contributed by atoms with Crippen molar-refractivity contribution >= 4 is 29.1 Å². The van der Waals surface area contributed by atoms with Crippen LogP contribution in [0.4, 0.5) is 5.69 Å². The van der Waals surface area contributed by atoms with Crippen LogP contribution in [0.3, 0.4) is 0 Å². The van der Waals surface area contributed by atoms with E-state index in [1.807, 2.05) is 46.1 Å². The summed E-state index contributed by atoms with van der Waals surface area (Å²) in [6, 6.07) is 18.3. The molecule has 2 aliphatic heterocycles. The lowest BCUT2D eigenvalue weighted by atomic mass is 10.1. The van der Waals surface area contributed by atoms with E-state index < -0.39 is 0 Å². The lowest BCUT2D eigenvalue weighted by molar-refractivity contribution is -0.117. The minimum Gasteiger partial charge on any atom is -0.312 e. The Balaban J connectivity index is 1.42. The molecule has 6 heteroatoms. The Labute approximate surface area is 161 Å². The molecule has 1 saturated heterocycles. The van der Waals surface area contributed by atoms with Crippen molar-refractivity contribution < 1.29 is 4.79 Å². The van der Waals surface area contributed by atoms with Gasteiger partial charge in [-0.1, -0.05) is 54.2 Å². The summed E-state index contributed by atoms with van der Waals surface area (Å²) in [5.74, 6) is 0.998. The summed E-state index contributed by atoms with van der Waals surface area (Å²) in [5.41, 5.74) is 5.10. The van der Waals surface area contributed by atoms with Gasteiger partial charge in [-0.15, -0.1) is 0 Å². The SMILES string of the molecule is O=C1CCCN1c1ccc(C2=Nn3cc(-c4ccccc4)nc3SC2)cc1. The van der Waals surface area contributed by atoms with Crippen LogP contribution in [0.5, 0.6) is 0 Å². The highest BCUT2D eigenvalue weighted by Crippen LogP contribution is 2.29. The van der Waals surface area contributed by atoms with Crippen molar-refractivity contribution in [2.45, 2.75) is 18.0 Å². The first kappa shape index (κ1) is 16.3. The van der Waals surface area contributed by atoms with E-state index in [-0.39, 0.29) is 5.91 Å². The number of anilines is 1. The molecule has 5 rings (SSSR count). The summed E-state index contributed by atoms with van der Waals surface area (Å²) in [5, 5.41) is 5.69. The number of amides is 1.